The van der Waals surface area contributed by atoms with Gasteiger partial charge in [-0.2, -0.15) is 0 Å². The molecule has 1 aromatic heterocycles. The van der Waals surface area contributed by atoms with Crippen LogP contribution in [-0.4, -0.2) is 4.57 Å². The third kappa shape index (κ3) is 5.86. The summed E-state index contributed by atoms with van der Waals surface area (Å²) in [6.07, 6.45) is 0. The number of hydrogen-bond donors (Lipinski definition) is 0. The predicted molar refractivity (Wildman–Crippen MR) is 260 cm³/mol. The highest BCUT2D eigenvalue weighted by atomic mass is 15.0. The van der Waals surface area contributed by atoms with Gasteiger partial charge in [0.1, 0.15) is 0 Å². The molecule has 12 rings (SSSR count). The van der Waals surface area contributed by atoms with Gasteiger partial charge in [-0.25, -0.2) is 0 Å². The van der Waals surface area contributed by atoms with Crippen LogP contribution in [0.15, 0.2) is 237 Å². The fourth-order valence-electron chi connectivity index (χ4n) is 9.76. The Hall–Kier alpha value is -8.00. The van der Waals surface area contributed by atoms with E-state index in [0.29, 0.717) is 0 Å². The highest BCUT2D eigenvalue weighted by Gasteiger charge is 2.20. The molecule has 1 heteroatoms. The summed E-state index contributed by atoms with van der Waals surface area (Å²) in [6, 6.07) is 86.8. The Morgan fingerprint density at radius 3 is 1.28 bits per heavy atom. The maximum atomic E-state index is 2.45. The highest BCUT2D eigenvalue weighted by Crippen LogP contribution is 2.47. The lowest BCUT2D eigenvalue weighted by Gasteiger charge is -2.20. The molecule has 0 saturated heterocycles. The van der Waals surface area contributed by atoms with E-state index in [1.165, 1.54) is 110 Å². The summed E-state index contributed by atoms with van der Waals surface area (Å²) in [4.78, 5) is 0. The van der Waals surface area contributed by atoms with Crippen LogP contribution in [-0.2, 0) is 0 Å². The first-order chi connectivity index (χ1) is 30.3. The van der Waals surface area contributed by atoms with Crippen LogP contribution in [0.5, 0.6) is 0 Å². The largest absolute Gasteiger partial charge is 0.309 e. The molecule has 0 radical (unpaired) electrons. The van der Waals surface area contributed by atoms with E-state index < -0.39 is 0 Å². The summed E-state index contributed by atoms with van der Waals surface area (Å²) in [5.41, 5.74) is 13.3. The molecule has 284 valence electrons. The Morgan fingerprint density at radius 1 is 0.230 bits per heavy atom. The van der Waals surface area contributed by atoms with Gasteiger partial charge in [-0.1, -0.05) is 200 Å². The van der Waals surface area contributed by atoms with Gasteiger partial charge in [-0.15, -0.1) is 0 Å². The summed E-state index contributed by atoms with van der Waals surface area (Å²) < 4.78 is 2.40. The van der Waals surface area contributed by atoms with Crippen molar-refractivity contribution in [2.75, 3.05) is 0 Å². The molecule has 0 bridgehead atoms. The minimum absolute atomic E-state index is 1.14. The van der Waals surface area contributed by atoms with Gasteiger partial charge in [-0.05, 0) is 135 Å². The van der Waals surface area contributed by atoms with Crippen LogP contribution < -0.4 is 0 Å². The van der Waals surface area contributed by atoms with Crippen LogP contribution in [0.25, 0.3) is 115 Å². The summed E-state index contributed by atoms with van der Waals surface area (Å²) in [7, 11) is 0. The van der Waals surface area contributed by atoms with Crippen LogP contribution in [0.4, 0.5) is 0 Å². The van der Waals surface area contributed by atoms with Crippen molar-refractivity contribution in [3.63, 3.8) is 0 Å². The lowest BCUT2D eigenvalue weighted by Crippen LogP contribution is -1.99. The van der Waals surface area contributed by atoms with E-state index in [9.17, 15) is 0 Å². The molecular weight excluding hydrogens is 735 g/mol. The van der Waals surface area contributed by atoms with Crippen LogP contribution in [0.2, 0.25) is 0 Å². The smallest absolute Gasteiger partial charge is 0.0535 e. The fourth-order valence-corrected chi connectivity index (χ4v) is 9.76. The third-order valence-corrected chi connectivity index (χ3v) is 12.6. The average molecular weight is 774 g/mol. The molecule has 0 fully saturated rings. The number of rotatable bonds is 6. The van der Waals surface area contributed by atoms with Crippen LogP contribution in [0, 0.1) is 0 Å². The second kappa shape index (κ2) is 14.4. The molecule has 61 heavy (non-hydrogen) atoms. The van der Waals surface area contributed by atoms with E-state index in [2.05, 4.69) is 241 Å². The Kier molecular flexibility index (Phi) is 8.25. The van der Waals surface area contributed by atoms with E-state index >= 15 is 0 Å². The first-order valence-electron chi connectivity index (χ1n) is 21.1. The van der Waals surface area contributed by atoms with E-state index in [4.69, 9.17) is 0 Å². The molecule has 11 aromatic carbocycles. The maximum absolute atomic E-state index is 2.45. The molecule has 1 heterocycles. The summed E-state index contributed by atoms with van der Waals surface area (Å²) >= 11 is 0. The van der Waals surface area contributed by atoms with Crippen molar-refractivity contribution in [1.29, 1.82) is 0 Å². The Bertz CT molecular complexity index is 3560. The van der Waals surface area contributed by atoms with E-state index in [-0.39, 0.29) is 0 Å². The number of aromatic nitrogens is 1. The van der Waals surface area contributed by atoms with Crippen molar-refractivity contribution in [2.45, 2.75) is 0 Å². The van der Waals surface area contributed by atoms with Crippen molar-refractivity contribution in [3.05, 3.63) is 237 Å². The van der Waals surface area contributed by atoms with Gasteiger partial charge in [0.05, 0.1) is 11.4 Å². The predicted octanol–water partition coefficient (Wildman–Crippen LogP) is 16.6. The lowest BCUT2D eigenvalue weighted by molar-refractivity contribution is 1.10. The SMILES string of the molecule is c1ccc(-c2ccc(-c3ccccc3)n2-c2ccc3cc(-c4ccc5c(-c6cccc7ccccc67)c6ccccc6c(-c6cccc7ccccc67)c5c4)ccc3c2)cc1. The molecule has 0 aliphatic rings. The van der Waals surface area contributed by atoms with Crippen LogP contribution in [0.1, 0.15) is 0 Å². The Morgan fingerprint density at radius 2 is 0.672 bits per heavy atom. The number of hydrogen-bond acceptors (Lipinski definition) is 0. The highest BCUT2D eigenvalue weighted by molar-refractivity contribution is 6.25. The Labute approximate surface area is 355 Å². The zero-order valence-corrected chi connectivity index (χ0v) is 33.5. The fraction of sp³-hybridized carbons (Fsp3) is 0. The van der Waals surface area contributed by atoms with E-state index in [0.717, 1.165) is 5.69 Å². The van der Waals surface area contributed by atoms with Crippen LogP contribution in [0.3, 0.4) is 0 Å². The molecule has 0 unspecified atom stereocenters. The molecule has 0 spiro atoms. The van der Waals surface area contributed by atoms with Crippen molar-refractivity contribution in [1.82, 2.24) is 4.57 Å². The van der Waals surface area contributed by atoms with Crippen molar-refractivity contribution in [3.8, 4) is 61.6 Å². The maximum Gasteiger partial charge on any atom is 0.0535 e. The molecule has 0 amide bonds. The lowest BCUT2D eigenvalue weighted by atomic mass is 9.83. The second-order valence-corrected chi connectivity index (χ2v) is 16.0. The Balaban J connectivity index is 1.06. The van der Waals surface area contributed by atoms with Crippen molar-refractivity contribution in [2.24, 2.45) is 0 Å². The molecule has 1 nitrogen and oxygen atoms in total. The van der Waals surface area contributed by atoms with Crippen molar-refractivity contribution < 1.29 is 0 Å². The molecule has 0 atom stereocenters. The van der Waals surface area contributed by atoms with Gasteiger partial charge in [0.2, 0.25) is 0 Å². The number of benzene rings is 11. The molecule has 0 N–H and O–H groups in total. The van der Waals surface area contributed by atoms with Gasteiger partial charge in [0, 0.05) is 5.69 Å². The minimum atomic E-state index is 1.14. The second-order valence-electron chi connectivity index (χ2n) is 16.0. The minimum Gasteiger partial charge on any atom is -0.309 e. The number of nitrogens with zero attached hydrogens (tertiary/aromatic N) is 1. The summed E-state index contributed by atoms with van der Waals surface area (Å²) in [5, 5.41) is 12.4. The average Bonchev–Trinajstić information content (AvgIpc) is 3.79. The van der Waals surface area contributed by atoms with Gasteiger partial charge in [0.25, 0.3) is 0 Å². The monoisotopic (exact) mass is 773 g/mol. The van der Waals surface area contributed by atoms with Gasteiger partial charge in [0.15, 0.2) is 0 Å². The summed E-state index contributed by atoms with van der Waals surface area (Å²) in [6.45, 7) is 0. The topological polar surface area (TPSA) is 4.93 Å². The standard InChI is InChI=1S/C60H39N/c1-3-17-42(18-4-1)57-35-36-58(43-19-5-2-6-20-43)61(57)48-33-31-45-37-44(29-30-46(45)38-48)47-32-34-55-56(39-47)60(52-28-14-22-41-16-8-10-24-50(41)52)54-26-12-11-25-53(54)59(55)51-27-13-21-40-15-7-9-23-49(40)51/h1-39H. The van der Waals surface area contributed by atoms with Crippen LogP contribution >= 0.6 is 0 Å². The normalized spacial score (nSPS) is 11.6. The van der Waals surface area contributed by atoms with Crippen molar-refractivity contribution >= 4 is 53.9 Å². The quantitative estimate of drug-likeness (QED) is 0.148. The third-order valence-electron chi connectivity index (χ3n) is 12.6. The number of fused-ring (bicyclic) bond motifs is 5. The molecular formula is C60H39N. The molecule has 0 aliphatic carbocycles. The first kappa shape index (κ1) is 35.0. The van der Waals surface area contributed by atoms with Gasteiger partial charge < -0.3 is 4.57 Å². The zero-order chi connectivity index (χ0) is 40.3. The molecule has 0 aliphatic heterocycles. The van der Waals surface area contributed by atoms with Gasteiger partial charge in [-0.3, -0.25) is 0 Å². The molecule has 0 saturated carbocycles. The zero-order valence-electron chi connectivity index (χ0n) is 33.5. The van der Waals surface area contributed by atoms with E-state index in [1.807, 2.05) is 0 Å². The van der Waals surface area contributed by atoms with Gasteiger partial charge >= 0.3 is 0 Å². The summed E-state index contributed by atoms with van der Waals surface area (Å²) in [5.74, 6) is 0. The first-order valence-corrected chi connectivity index (χ1v) is 21.1. The molecule has 12 aromatic rings. The van der Waals surface area contributed by atoms with E-state index in [1.54, 1.807) is 0 Å².